The molecule has 0 unspecified atom stereocenters. The number of carbonyl (C=O) groups excluding carboxylic acids is 3. The quantitative estimate of drug-likeness (QED) is 0.693. The molecule has 0 heterocycles. The molecule has 0 N–H and O–H groups in total. The van der Waals surface area contributed by atoms with Gasteiger partial charge in [0, 0.05) is 23.7 Å². The molecule has 3 saturated carbocycles. The molecule has 142 valence electrons. The Morgan fingerprint density at radius 3 is 2.35 bits per heavy atom. The van der Waals surface area contributed by atoms with Gasteiger partial charge in [-0.2, -0.15) is 0 Å². The highest BCUT2D eigenvalue weighted by Gasteiger charge is 2.63. The first-order valence-corrected chi connectivity index (χ1v) is 10.3. The van der Waals surface area contributed by atoms with Gasteiger partial charge in [0.2, 0.25) is 0 Å². The molecule has 0 radical (unpaired) electrons. The molecule has 3 nitrogen and oxygen atoms in total. The van der Waals surface area contributed by atoms with Crippen LogP contribution in [-0.4, -0.2) is 17.3 Å². The molecule has 0 saturated heterocycles. The zero-order valence-electron chi connectivity index (χ0n) is 16.9. The van der Waals surface area contributed by atoms with Gasteiger partial charge in [0.15, 0.2) is 5.78 Å². The van der Waals surface area contributed by atoms with Crippen LogP contribution in [0.2, 0.25) is 0 Å². The second-order valence-corrected chi connectivity index (χ2v) is 10.4. The van der Waals surface area contributed by atoms with Gasteiger partial charge >= 0.3 is 0 Å². The van der Waals surface area contributed by atoms with Gasteiger partial charge in [-0.05, 0) is 87.2 Å². The molecule has 0 aromatic rings. The van der Waals surface area contributed by atoms with E-state index in [0.29, 0.717) is 24.0 Å². The van der Waals surface area contributed by atoms with Crippen LogP contribution in [0.3, 0.4) is 0 Å². The maximum atomic E-state index is 13.3. The summed E-state index contributed by atoms with van der Waals surface area (Å²) in [6.07, 6.45) is 7.31. The zero-order chi connectivity index (χ0) is 19.1. The zero-order valence-corrected chi connectivity index (χ0v) is 16.9. The smallest absolute Gasteiger partial charge is 0.159 e. The van der Waals surface area contributed by atoms with E-state index in [1.165, 1.54) is 0 Å². The summed E-state index contributed by atoms with van der Waals surface area (Å²) in [4.78, 5) is 38.1. The lowest BCUT2D eigenvalue weighted by Crippen LogP contribution is -2.56. The summed E-state index contributed by atoms with van der Waals surface area (Å²) < 4.78 is 0. The van der Waals surface area contributed by atoms with E-state index in [4.69, 9.17) is 0 Å². The number of hydrogen-bond acceptors (Lipinski definition) is 3. The highest BCUT2D eigenvalue weighted by molar-refractivity contribution is 5.98. The van der Waals surface area contributed by atoms with Crippen LogP contribution in [0.4, 0.5) is 0 Å². The maximum absolute atomic E-state index is 13.3. The first kappa shape index (κ1) is 18.1. The molecule has 0 aromatic carbocycles. The molecule has 0 amide bonds. The van der Waals surface area contributed by atoms with E-state index in [1.54, 1.807) is 6.92 Å². The Kier molecular flexibility index (Phi) is 3.76. The third kappa shape index (κ3) is 2.09. The van der Waals surface area contributed by atoms with Crippen LogP contribution in [0.15, 0.2) is 11.6 Å². The predicted octanol–water partition coefficient (Wildman–Crippen LogP) is 4.54. The minimum Gasteiger partial charge on any atom is -0.300 e. The number of fused-ring (bicyclic) bond motifs is 5. The molecule has 3 fully saturated rings. The number of rotatable bonds is 1. The Balaban J connectivity index is 1.79. The fraction of sp³-hybridized carbons (Fsp3) is 0.783. The normalized spacial score (nSPS) is 46.9. The molecule has 0 spiro atoms. The van der Waals surface area contributed by atoms with Crippen LogP contribution in [0, 0.1) is 39.9 Å². The van der Waals surface area contributed by atoms with Crippen molar-refractivity contribution in [1.29, 1.82) is 0 Å². The fourth-order valence-corrected chi connectivity index (χ4v) is 7.57. The van der Waals surface area contributed by atoms with E-state index >= 15 is 0 Å². The van der Waals surface area contributed by atoms with Crippen molar-refractivity contribution in [3.8, 4) is 0 Å². The van der Waals surface area contributed by atoms with Crippen LogP contribution in [0.1, 0.15) is 73.1 Å². The second-order valence-electron chi connectivity index (χ2n) is 10.4. The summed E-state index contributed by atoms with van der Waals surface area (Å²) in [5, 5.41) is 0. The lowest BCUT2D eigenvalue weighted by molar-refractivity contribution is -0.142. The molecule has 26 heavy (non-hydrogen) atoms. The van der Waals surface area contributed by atoms with Crippen molar-refractivity contribution in [3.63, 3.8) is 0 Å². The maximum Gasteiger partial charge on any atom is 0.159 e. The molecular formula is C23H32O3. The number of allylic oxidation sites excluding steroid dienone is 2. The Hall–Kier alpha value is -1.25. The highest BCUT2D eigenvalue weighted by atomic mass is 16.1. The summed E-state index contributed by atoms with van der Waals surface area (Å²) in [5.41, 5.74) is 0.485. The molecular weight excluding hydrogens is 324 g/mol. The van der Waals surface area contributed by atoms with Crippen molar-refractivity contribution in [2.45, 2.75) is 73.1 Å². The number of ketones is 3. The average molecular weight is 357 g/mol. The largest absolute Gasteiger partial charge is 0.300 e. The van der Waals surface area contributed by atoms with Gasteiger partial charge in [0.05, 0.1) is 0 Å². The van der Waals surface area contributed by atoms with Crippen LogP contribution >= 0.6 is 0 Å². The Morgan fingerprint density at radius 2 is 1.69 bits per heavy atom. The standard InChI is InChI=1S/C23H32O3/c1-13(24)14-6-7-15-20-16(8-10-22(14,15)4)23(5)11-9-19(26)21(2,3)18(23)12-17(20)25/h12,14-16,20H,6-11H2,1-5H3/t14-,15+,16+,20+,22-,23-/m1/s1. The number of Topliss-reactive ketones (excluding diaryl/α,β-unsaturated/α-hetero) is 2. The first-order valence-electron chi connectivity index (χ1n) is 10.3. The number of hydrogen-bond donors (Lipinski definition) is 0. The molecule has 0 bridgehead atoms. The van der Waals surface area contributed by atoms with Gasteiger partial charge in [-0.25, -0.2) is 0 Å². The molecule has 4 aliphatic carbocycles. The summed E-state index contributed by atoms with van der Waals surface area (Å²) in [6.45, 7) is 10.3. The third-order valence-electron chi connectivity index (χ3n) is 9.05. The Bertz CT molecular complexity index is 730. The second kappa shape index (κ2) is 5.39. The summed E-state index contributed by atoms with van der Waals surface area (Å²) in [6, 6.07) is 0. The Morgan fingerprint density at radius 1 is 1.00 bits per heavy atom. The van der Waals surface area contributed by atoms with Crippen LogP contribution in [0.5, 0.6) is 0 Å². The summed E-state index contributed by atoms with van der Waals surface area (Å²) >= 11 is 0. The average Bonchev–Trinajstić information content (AvgIpc) is 2.91. The topological polar surface area (TPSA) is 51.2 Å². The molecule has 3 heteroatoms. The lowest BCUT2D eigenvalue weighted by Gasteiger charge is -2.58. The molecule has 6 atom stereocenters. The van der Waals surface area contributed by atoms with Crippen LogP contribution in [-0.2, 0) is 14.4 Å². The van der Waals surface area contributed by atoms with E-state index in [-0.39, 0.29) is 34.2 Å². The predicted molar refractivity (Wildman–Crippen MR) is 100 cm³/mol. The fourth-order valence-electron chi connectivity index (χ4n) is 7.57. The van der Waals surface area contributed by atoms with Gasteiger partial charge in [-0.3, -0.25) is 14.4 Å². The highest BCUT2D eigenvalue weighted by Crippen LogP contribution is 2.67. The molecule has 4 rings (SSSR count). The van der Waals surface area contributed by atoms with E-state index in [9.17, 15) is 14.4 Å². The minimum atomic E-state index is -0.522. The molecule has 0 aliphatic heterocycles. The van der Waals surface area contributed by atoms with Crippen molar-refractivity contribution in [3.05, 3.63) is 11.6 Å². The van der Waals surface area contributed by atoms with Crippen molar-refractivity contribution < 1.29 is 14.4 Å². The van der Waals surface area contributed by atoms with Gasteiger partial charge in [0.25, 0.3) is 0 Å². The van der Waals surface area contributed by atoms with Crippen molar-refractivity contribution in [2.75, 3.05) is 0 Å². The SMILES string of the molecule is CC(=O)[C@H]1CC[C@H]2[C@@H]3C(=O)C=C4C(C)(C)C(=O)CC[C@]4(C)[C@H]3CC[C@]12C. The first-order chi connectivity index (χ1) is 12.0. The Labute approximate surface area is 157 Å². The third-order valence-corrected chi connectivity index (χ3v) is 9.05. The van der Waals surface area contributed by atoms with Gasteiger partial charge in [-0.15, -0.1) is 0 Å². The van der Waals surface area contributed by atoms with E-state index < -0.39 is 5.41 Å². The van der Waals surface area contributed by atoms with Gasteiger partial charge in [-0.1, -0.05) is 13.8 Å². The van der Waals surface area contributed by atoms with Crippen molar-refractivity contribution in [1.82, 2.24) is 0 Å². The number of carbonyl (C=O) groups is 3. The van der Waals surface area contributed by atoms with E-state index in [0.717, 1.165) is 37.7 Å². The summed E-state index contributed by atoms with van der Waals surface area (Å²) in [7, 11) is 0. The molecule has 0 aromatic heterocycles. The lowest BCUT2D eigenvalue weighted by atomic mass is 9.44. The van der Waals surface area contributed by atoms with Crippen molar-refractivity contribution >= 4 is 17.3 Å². The van der Waals surface area contributed by atoms with E-state index in [2.05, 4.69) is 13.8 Å². The monoisotopic (exact) mass is 356 g/mol. The van der Waals surface area contributed by atoms with Crippen LogP contribution in [0.25, 0.3) is 0 Å². The molecule has 4 aliphatic rings. The van der Waals surface area contributed by atoms with Crippen molar-refractivity contribution in [2.24, 2.45) is 39.9 Å². The minimum absolute atomic E-state index is 0.0234. The van der Waals surface area contributed by atoms with Gasteiger partial charge < -0.3 is 0 Å². The summed E-state index contributed by atoms with van der Waals surface area (Å²) in [5.74, 6) is 1.59. The van der Waals surface area contributed by atoms with Crippen LogP contribution < -0.4 is 0 Å². The van der Waals surface area contributed by atoms with Gasteiger partial charge in [0.1, 0.15) is 11.6 Å². The van der Waals surface area contributed by atoms with E-state index in [1.807, 2.05) is 19.9 Å².